The molecule has 22 heavy (non-hydrogen) atoms. The zero-order valence-corrected chi connectivity index (χ0v) is 13.6. The lowest BCUT2D eigenvalue weighted by molar-refractivity contribution is -0.122. The molecule has 0 saturated heterocycles. The topological polar surface area (TPSA) is 72.6 Å². The van der Waals surface area contributed by atoms with Gasteiger partial charge in [-0.05, 0) is 24.1 Å². The Labute approximate surface area is 131 Å². The highest BCUT2D eigenvalue weighted by Crippen LogP contribution is 2.36. The van der Waals surface area contributed by atoms with Crippen LogP contribution in [0.15, 0.2) is 18.2 Å². The van der Waals surface area contributed by atoms with Crippen molar-refractivity contribution in [1.82, 2.24) is 0 Å². The highest BCUT2D eigenvalue weighted by atomic mass is 16.5. The normalized spacial score (nSPS) is 17.4. The smallest absolute Gasteiger partial charge is 0.229 e. The van der Waals surface area contributed by atoms with Gasteiger partial charge in [-0.1, -0.05) is 27.7 Å². The first-order valence-corrected chi connectivity index (χ1v) is 7.70. The molecule has 1 aromatic carbocycles. The number of amides is 1. The first-order valence-electron chi connectivity index (χ1n) is 7.70. The van der Waals surface area contributed by atoms with Crippen LogP contribution < -0.4 is 15.4 Å². The van der Waals surface area contributed by atoms with Gasteiger partial charge in [0, 0.05) is 11.5 Å². The minimum atomic E-state index is -0.147. The van der Waals surface area contributed by atoms with E-state index in [2.05, 4.69) is 13.8 Å². The molecule has 0 spiro atoms. The van der Waals surface area contributed by atoms with Crippen LogP contribution in [0.3, 0.4) is 0 Å². The Bertz CT molecular complexity index is 581. The summed E-state index contributed by atoms with van der Waals surface area (Å²) in [5.41, 5.74) is 6.59. The average Bonchev–Trinajstić information content (AvgIpc) is 2.51. The average molecular weight is 304 g/mol. The van der Waals surface area contributed by atoms with E-state index in [1.165, 1.54) is 0 Å². The first-order chi connectivity index (χ1) is 10.3. The number of hydrogen-bond acceptors (Lipinski definition) is 4. The number of hydrogen-bond donors (Lipinski definition) is 1. The Balaban J connectivity index is 2.46. The number of benzene rings is 1. The van der Waals surface area contributed by atoms with E-state index in [0.29, 0.717) is 29.5 Å². The zero-order valence-electron chi connectivity index (χ0n) is 13.6. The zero-order chi connectivity index (χ0) is 16.4. The van der Waals surface area contributed by atoms with E-state index in [9.17, 15) is 9.59 Å². The third kappa shape index (κ3) is 3.14. The molecule has 0 aliphatic carbocycles. The Morgan fingerprint density at radius 2 is 2.00 bits per heavy atom. The third-order valence-corrected chi connectivity index (χ3v) is 3.90. The van der Waals surface area contributed by atoms with Crippen LogP contribution in [0.4, 0.5) is 5.69 Å². The summed E-state index contributed by atoms with van der Waals surface area (Å²) in [6.45, 7) is 8.34. The predicted molar refractivity (Wildman–Crippen MR) is 86.3 cm³/mol. The maximum Gasteiger partial charge on any atom is 0.229 e. The van der Waals surface area contributed by atoms with Crippen LogP contribution in [0.5, 0.6) is 5.75 Å². The second kappa shape index (κ2) is 6.48. The van der Waals surface area contributed by atoms with Crippen molar-refractivity contribution in [3.8, 4) is 5.75 Å². The summed E-state index contributed by atoms with van der Waals surface area (Å²) in [6.07, 6.45) is -0.0498. The van der Waals surface area contributed by atoms with Crippen molar-refractivity contribution in [2.75, 3.05) is 18.0 Å². The van der Waals surface area contributed by atoms with Crippen molar-refractivity contribution in [2.45, 2.75) is 33.8 Å². The molecule has 5 heteroatoms. The van der Waals surface area contributed by atoms with Crippen molar-refractivity contribution in [2.24, 2.45) is 17.6 Å². The van der Waals surface area contributed by atoms with Crippen molar-refractivity contribution in [1.29, 1.82) is 0 Å². The van der Waals surface area contributed by atoms with Crippen LogP contribution in [0.25, 0.3) is 0 Å². The molecule has 1 atom stereocenters. The molecule has 120 valence electrons. The van der Waals surface area contributed by atoms with Crippen molar-refractivity contribution in [3.63, 3.8) is 0 Å². The van der Waals surface area contributed by atoms with Gasteiger partial charge in [-0.2, -0.15) is 0 Å². The third-order valence-electron chi connectivity index (χ3n) is 3.90. The molecule has 2 rings (SSSR count). The summed E-state index contributed by atoms with van der Waals surface area (Å²) in [7, 11) is 0. The number of Topliss-reactive ketones (excluding diaryl/α,β-unsaturated/α-hetero) is 1. The molecule has 0 fully saturated rings. The second-order valence-electron chi connectivity index (χ2n) is 6.31. The monoisotopic (exact) mass is 304 g/mol. The molecular weight excluding hydrogens is 280 g/mol. The minimum Gasteiger partial charge on any atom is -0.486 e. The fourth-order valence-corrected chi connectivity index (χ4v) is 2.47. The van der Waals surface area contributed by atoms with Crippen LogP contribution in [0, 0.1) is 11.8 Å². The van der Waals surface area contributed by atoms with E-state index in [0.717, 1.165) is 0 Å². The second-order valence-corrected chi connectivity index (χ2v) is 6.31. The first kappa shape index (κ1) is 16.5. The summed E-state index contributed by atoms with van der Waals surface area (Å²) in [4.78, 5) is 26.1. The Kier molecular flexibility index (Phi) is 4.86. The summed E-state index contributed by atoms with van der Waals surface area (Å²) < 4.78 is 5.99. The number of anilines is 1. The number of carbonyl (C=O) groups excluding carboxylic acids is 2. The molecule has 0 saturated carbocycles. The molecule has 0 radical (unpaired) electrons. The highest BCUT2D eigenvalue weighted by Gasteiger charge is 2.32. The standard InChI is InChI=1S/C17H24N2O3/c1-10(2)16-9-19(17(21)11(3)4)13-7-12(14(20)8-18)5-6-15(13)22-16/h5-7,10-11,16H,8-9,18H2,1-4H3. The fourth-order valence-electron chi connectivity index (χ4n) is 2.47. The van der Waals surface area contributed by atoms with Crippen LogP contribution in [-0.4, -0.2) is 30.9 Å². The van der Waals surface area contributed by atoms with E-state index in [1.54, 1.807) is 23.1 Å². The van der Waals surface area contributed by atoms with Crippen LogP contribution in [0.1, 0.15) is 38.1 Å². The van der Waals surface area contributed by atoms with Gasteiger partial charge in [-0.25, -0.2) is 0 Å². The molecule has 1 aliphatic heterocycles. The summed E-state index contributed by atoms with van der Waals surface area (Å²) in [5.74, 6) is 0.708. The van der Waals surface area contributed by atoms with E-state index in [-0.39, 0.29) is 30.3 Å². The SMILES string of the molecule is CC(C)C(=O)N1CC(C(C)C)Oc2ccc(C(=O)CN)cc21. The van der Waals surface area contributed by atoms with Crippen LogP contribution in [-0.2, 0) is 4.79 Å². The Morgan fingerprint density at radius 1 is 1.32 bits per heavy atom. The maximum absolute atomic E-state index is 12.5. The number of ether oxygens (including phenoxy) is 1. The van der Waals surface area contributed by atoms with Gasteiger partial charge in [0.05, 0.1) is 18.8 Å². The van der Waals surface area contributed by atoms with Gasteiger partial charge < -0.3 is 15.4 Å². The van der Waals surface area contributed by atoms with Gasteiger partial charge in [0.1, 0.15) is 11.9 Å². The maximum atomic E-state index is 12.5. The molecule has 1 aromatic rings. The van der Waals surface area contributed by atoms with Crippen molar-refractivity contribution < 1.29 is 14.3 Å². The van der Waals surface area contributed by atoms with Gasteiger partial charge >= 0.3 is 0 Å². The number of nitrogens with zero attached hydrogens (tertiary/aromatic N) is 1. The summed E-state index contributed by atoms with van der Waals surface area (Å²) >= 11 is 0. The lowest BCUT2D eigenvalue weighted by Crippen LogP contribution is -2.47. The summed E-state index contributed by atoms with van der Waals surface area (Å²) in [6, 6.07) is 5.17. The number of fused-ring (bicyclic) bond motifs is 1. The van der Waals surface area contributed by atoms with Gasteiger partial charge in [0.15, 0.2) is 5.78 Å². The quantitative estimate of drug-likeness (QED) is 0.866. The molecule has 1 amide bonds. The molecule has 1 aliphatic rings. The van der Waals surface area contributed by atoms with E-state index in [4.69, 9.17) is 10.5 Å². The molecule has 1 heterocycles. The lowest BCUT2D eigenvalue weighted by Gasteiger charge is -2.37. The predicted octanol–water partition coefficient (Wildman–Crippen LogP) is 2.23. The minimum absolute atomic E-state index is 0.0348. The van der Waals surface area contributed by atoms with Gasteiger partial charge in [0.2, 0.25) is 5.91 Å². The van der Waals surface area contributed by atoms with Crippen molar-refractivity contribution >= 4 is 17.4 Å². The largest absolute Gasteiger partial charge is 0.486 e. The Hall–Kier alpha value is -1.88. The number of ketones is 1. The van der Waals surface area contributed by atoms with Gasteiger partial charge in [-0.3, -0.25) is 9.59 Å². The van der Waals surface area contributed by atoms with Crippen molar-refractivity contribution in [3.05, 3.63) is 23.8 Å². The number of nitrogens with two attached hydrogens (primary N) is 1. The van der Waals surface area contributed by atoms with Crippen LogP contribution >= 0.6 is 0 Å². The molecular formula is C17H24N2O3. The fraction of sp³-hybridized carbons (Fsp3) is 0.529. The summed E-state index contributed by atoms with van der Waals surface area (Å²) in [5, 5.41) is 0. The van der Waals surface area contributed by atoms with Crippen LogP contribution in [0.2, 0.25) is 0 Å². The van der Waals surface area contributed by atoms with E-state index >= 15 is 0 Å². The van der Waals surface area contributed by atoms with Gasteiger partial charge in [0.25, 0.3) is 0 Å². The molecule has 1 unspecified atom stereocenters. The van der Waals surface area contributed by atoms with Gasteiger partial charge in [-0.15, -0.1) is 0 Å². The molecule has 5 nitrogen and oxygen atoms in total. The highest BCUT2D eigenvalue weighted by molar-refractivity contribution is 6.01. The van der Waals surface area contributed by atoms with E-state index < -0.39 is 0 Å². The molecule has 0 aromatic heterocycles. The number of carbonyl (C=O) groups is 2. The molecule has 2 N–H and O–H groups in total. The number of rotatable bonds is 4. The van der Waals surface area contributed by atoms with E-state index in [1.807, 2.05) is 13.8 Å². The Morgan fingerprint density at radius 3 is 2.55 bits per heavy atom. The lowest BCUT2D eigenvalue weighted by atomic mass is 10.0. The molecule has 0 bridgehead atoms.